The maximum atomic E-state index is 3.85. The zero-order chi connectivity index (χ0) is 14.2. The van der Waals surface area contributed by atoms with Crippen molar-refractivity contribution in [1.82, 2.24) is 5.32 Å². The van der Waals surface area contributed by atoms with Crippen molar-refractivity contribution in [3.8, 4) is 0 Å². The summed E-state index contributed by atoms with van der Waals surface area (Å²) in [5, 5.41) is 3.85. The number of benzene rings is 1. The molecule has 1 N–H and O–H groups in total. The first-order valence-corrected chi connectivity index (χ1v) is 8.29. The van der Waals surface area contributed by atoms with E-state index in [0.717, 1.165) is 0 Å². The summed E-state index contributed by atoms with van der Waals surface area (Å²) >= 11 is 0. The lowest BCUT2D eigenvalue weighted by atomic mass is 9.88. The molecule has 0 spiro atoms. The summed E-state index contributed by atoms with van der Waals surface area (Å²) in [5.41, 5.74) is 1.39. The van der Waals surface area contributed by atoms with Crippen molar-refractivity contribution in [3.63, 3.8) is 0 Å². The number of nitrogens with one attached hydrogen (secondary N) is 1. The molecule has 0 aromatic heterocycles. The molecule has 20 heavy (non-hydrogen) atoms. The smallest absolute Gasteiger partial charge is 0.0294 e. The molecule has 0 fully saturated rings. The van der Waals surface area contributed by atoms with Crippen molar-refractivity contribution in [1.29, 1.82) is 0 Å². The van der Waals surface area contributed by atoms with Crippen molar-refractivity contribution in [2.75, 3.05) is 0 Å². The van der Waals surface area contributed by atoms with E-state index in [1.54, 1.807) is 0 Å². The molecule has 1 nitrogen and oxygen atoms in total. The minimum atomic E-state index is 0.431. The quantitative estimate of drug-likeness (QED) is 0.721. The molecule has 3 atom stereocenters. The molecular formula is C19H29N. The maximum absolute atomic E-state index is 3.85. The highest BCUT2D eigenvalue weighted by Gasteiger charge is 2.20. The van der Waals surface area contributed by atoms with Crippen LogP contribution in [0.1, 0.15) is 64.0 Å². The van der Waals surface area contributed by atoms with E-state index in [0.29, 0.717) is 18.0 Å². The third-order valence-electron chi connectivity index (χ3n) is 4.51. The Kier molecular flexibility index (Phi) is 6.32. The number of hydrogen-bond acceptors (Lipinski definition) is 1. The minimum Gasteiger partial charge on any atom is -0.307 e. The largest absolute Gasteiger partial charge is 0.307 e. The van der Waals surface area contributed by atoms with E-state index in [4.69, 9.17) is 0 Å². The van der Waals surface area contributed by atoms with Crippen LogP contribution in [0.25, 0.3) is 0 Å². The first-order chi connectivity index (χ1) is 9.81. The fourth-order valence-electron chi connectivity index (χ4n) is 3.22. The zero-order valence-electron chi connectivity index (χ0n) is 13.0. The van der Waals surface area contributed by atoms with Crippen LogP contribution < -0.4 is 5.32 Å². The van der Waals surface area contributed by atoms with Gasteiger partial charge in [-0.25, -0.2) is 0 Å². The Balaban J connectivity index is 1.98. The van der Waals surface area contributed by atoms with Gasteiger partial charge >= 0.3 is 0 Å². The van der Waals surface area contributed by atoms with Crippen LogP contribution in [-0.4, -0.2) is 6.04 Å². The summed E-state index contributed by atoms with van der Waals surface area (Å²) in [5.74, 6) is 0.700. The van der Waals surface area contributed by atoms with Crippen molar-refractivity contribution in [2.24, 2.45) is 5.92 Å². The molecule has 0 saturated carbocycles. The van der Waals surface area contributed by atoms with Gasteiger partial charge in [0.1, 0.15) is 0 Å². The van der Waals surface area contributed by atoms with E-state index >= 15 is 0 Å². The van der Waals surface area contributed by atoms with E-state index in [-0.39, 0.29) is 0 Å². The molecule has 2 rings (SSSR count). The SMILES string of the molecule is CCC(N[C@H](C)c1ccccc1)C1/C=C\CCCCC1. The third kappa shape index (κ3) is 4.49. The van der Waals surface area contributed by atoms with Crippen LogP contribution in [-0.2, 0) is 0 Å². The number of rotatable bonds is 5. The third-order valence-corrected chi connectivity index (χ3v) is 4.51. The topological polar surface area (TPSA) is 12.0 Å². The number of allylic oxidation sites excluding steroid dienone is 1. The maximum Gasteiger partial charge on any atom is 0.0294 e. The van der Waals surface area contributed by atoms with Gasteiger partial charge < -0.3 is 5.32 Å². The summed E-state index contributed by atoms with van der Waals surface area (Å²) in [4.78, 5) is 0. The van der Waals surface area contributed by atoms with Crippen molar-refractivity contribution in [3.05, 3.63) is 48.0 Å². The molecule has 1 aromatic carbocycles. The van der Waals surface area contributed by atoms with Crippen LogP contribution in [0.4, 0.5) is 0 Å². The standard InChI is InChI=1S/C19H29N/c1-3-19(18-14-8-5-4-6-9-15-18)20-16(2)17-12-10-7-11-13-17/h7-8,10-14,16,18-20H,3-6,9,15H2,1-2H3/b14-8-/t16-,18?,19?/m1/s1. The van der Waals surface area contributed by atoms with Gasteiger partial charge in [0.05, 0.1) is 0 Å². The van der Waals surface area contributed by atoms with Crippen molar-refractivity contribution < 1.29 is 0 Å². The zero-order valence-corrected chi connectivity index (χ0v) is 13.0. The Labute approximate surface area is 124 Å². The fraction of sp³-hybridized carbons (Fsp3) is 0.579. The second-order valence-electron chi connectivity index (χ2n) is 6.04. The lowest BCUT2D eigenvalue weighted by Gasteiger charge is -2.29. The Morgan fingerprint density at radius 3 is 2.70 bits per heavy atom. The highest BCUT2D eigenvalue weighted by Crippen LogP contribution is 2.24. The van der Waals surface area contributed by atoms with Gasteiger partial charge in [0.2, 0.25) is 0 Å². The molecule has 0 aliphatic heterocycles. The lowest BCUT2D eigenvalue weighted by molar-refractivity contribution is 0.338. The molecule has 1 aliphatic carbocycles. The van der Waals surface area contributed by atoms with E-state index < -0.39 is 0 Å². The lowest BCUT2D eigenvalue weighted by Crippen LogP contribution is -2.37. The fourth-order valence-corrected chi connectivity index (χ4v) is 3.22. The first kappa shape index (κ1) is 15.3. The molecule has 0 radical (unpaired) electrons. The number of hydrogen-bond donors (Lipinski definition) is 1. The second-order valence-corrected chi connectivity index (χ2v) is 6.04. The summed E-state index contributed by atoms with van der Waals surface area (Å²) in [6.07, 6.45) is 12.8. The highest BCUT2D eigenvalue weighted by atomic mass is 14.9. The average molecular weight is 271 g/mol. The monoisotopic (exact) mass is 271 g/mol. The van der Waals surface area contributed by atoms with Gasteiger partial charge in [-0.15, -0.1) is 0 Å². The predicted molar refractivity (Wildman–Crippen MR) is 87.8 cm³/mol. The van der Waals surface area contributed by atoms with E-state index in [9.17, 15) is 0 Å². The molecule has 2 unspecified atom stereocenters. The van der Waals surface area contributed by atoms with Gasteiger partial charge in [0.25, 0.3) is 0 Å². The second kappa shape index (κ2) is 8.26. The summed E-state index contributed by atoms with van der Waals surface area (Å²) in [7, 11) is 0. The Morgan fingerprint density at radius 2 is 1.95 bits per heavy atom. The van der Waals surface area contributed by atoms with E-state index in [1.165, 1.54) is 44.1 Å². The Hall–Kier alpha value is -1.08. The van der Waals surface area contributed by atoms with Gasteiger partial charge in [-0.2, -0.15) is 0 Å². The summed E-state index contributed by atoms with van der Waals surface area (Å²) in [6, 6.07) is 11.8. The summed E-state index contributed by atoms with van der Waals surface area (Å²) in [6.45, 7) is 4.59. The van der Waals surface area contributed by atoms with Crippen LogP contribution in [0.15, 0.2) is 42.5 Å². The average Bonchev–Trinajstić information content (AvgIpc) is 2.46. The van der Waals surface area contributed by atoms with Gasteiger partial charge in [0, 0.05) is 12.1 Å². The Bertz CT molecular complexity index is 395. The van der Waals surface area contributed by atoms with Gasteiger partial charge in [-0.1, -0.05) is 62.2 Å². The van der Waals surface area contributed by atoms with Crippen LogP contribution in [0.5, 0.6) is 0 Å². The molecule has 1 heteroatoms. The normalized spacial score (nSPS) is 24.4. The molecule has 0 bridgehead atoms. The van der Waals surface area contributed by atoms with Gasteiger partial charge in [-0.05, 0) is 44.1 Å². The molecule has 0 amide bonds. The van der Waals surface area contributed by atoms with Crippen LogP contribution >= 0.6 is 0 Å². The van der Waals surface area contributed by atoms with Crippen molar-refractivity contribution >= 4 is 0 Å². The summed E-state index contributed by atoms with van der Waals surface area (Å²) < 4.78 is 0. The molecule has 0 saturated heterocycles. The first-order valence-electron chi connectivity index (χ1n) is 8.29. The molecule has 1 aromatic rings. The Morgan fingerprint density at radius 1 is 1.15 bits per heavy atom. The van der Waals surface area contributed by atoms with Gasteiger partial charge in [0.15, 0.2) is 0 Å². The van der Waals surface area contributed by atoms with Crippen LogP contribution in [0, 0.1) is 5.92 Å². The highest BCUT2D eigenvalue weighted by molar-refractivity contribution is 5.18. The molecule has 0 heterocycles. The van der Waals surface area contributed by atoms with Crippen molar-refractivity contribution in [2.45, 2.75) is 64.5 Å². The predicted octanol–water partition coefficient (Wildman–Crippen LogP) is 5.25. The molecule has 110 valence electrons. The van der Waals surface area contributed by atoms with Gasteiger partial charge in [-0.3, -0.25) is 0 Å². The van der Waals surface area contributed by atoms with Crippen LogP contribution in [0.3, 0.4) is 0 Å². The van der Waals surface area contributed by atoms with Crippen LogP contribution in [0.2, 0.25) is 0 Å². The molecule has 1 aliphatic rings. The van der Waals surface area contributed by atoms with E-state index in [2.05, 4.69) is 61.6 Å². The van der Waals surface area contributed by atoms with E-state index in [1.807, 2.05) is 0 Å². The minimum absolute atomic E-state index is 0.431. The molecular weight excluding hydrogens is 242 g/mol.